The fourth-order valence-corrected chi connectivity index (χ4v) is 10.9. The van der Waals surface area contributed by atoms with E-state index in [1.165, 1.54) is 10.4 Å². The second-order valence-electron chi connectivity index (χ2n) is 9.85. The summed E-state index contributed by atoms with van der Waals surface area (Å²) in [6, 6.07) is 30.0. The van der Waals surface area contributed by atoms with E-state index >= 15 is 0 Å². The zero-order chi connectivity index (χ0) is 24.0. The fraction of sp³-hybridized carbons (Fsp3) is 0.357. The Morgan fingerprint density at radius 3 is 1.70 bits per heavy atom. The topological polar surface area (TPSA) is 43.4 Å². The maximum Gasteiger partial charge on any atom is 0.261 e. The molecule has 0 saturated carbocycles. The van der Waals surface area contributed by atoms with Crippen molar-refractivity contribution < 1.29 is 12.8 Å². The zero-order valence-corrected chi connectivity index (χ0v) is 22.0. The van der Waals surface area contributed by atoms with Crippen molar-refractivity contribution in [2.75, 3.05) is 12.4 Å². The summed E-state index contributed by atoms with van der Waals surface area (Å²) in [6.07, 6.45) is 1.64. The van der Waals surface area contributed by atoms with Crippen LogP contribution in [0.25, 0.3) is 0 Å². The van der Waals surface area contributed by atoms with Crippen molar-refractivity contribution in [1.82, 2.24) is 0 Å². The number of hydrogen-bond donors (Lipinski definition) is 0. The Labute approximate surface area is 200 Å². The Balaban J connectivity index is 1.73. The third-order valence-electron chi connectivity index (χ3n) is 6.18. The number of hydrogen-bond acceptors (Lipinski definition) is 3. The van der Waals surface area contributed by atoms with E-state index in [9.17, 15) is 8.42 Å². The molecule has 3 nitrogen and oxygen atoms in total. The highest BCUT2D eigenvalue weighted by molar-refractivity contribution is 7.91. The Morgan fingerprint density at radius 1 is 0.788 bits per heavy atom. The first-order valence-electron chi connectivity index (χ1n) is 11.7. The Hall–Kier alpha value is -2.21. The molecular formula is C28H36O3SSi. The number of sulfone groups is 1. The predicted molar refractivity (Wildman–Crippen MR) is 140 cm³/mol. The van der Waals surface area contributed by atoms with Gasteiger partial charge in [0.2, 0.25) is 0 Å². The van der Waals surface area contributed by atoms with Gasteiger partial charge in [-0.05, 0) is 46.3 Å². The van der Waals surface area contributed by atoms with E-state index in [2.05, 4.69) is 69.3 Å². The van der Waals surface area contributed by atoms with Crippen LogP contribution in [0.5, 0.6) is 0 Å². The second-order valence-corrected chi connectivity index (χ2v) is 16.2. The van der Waals surface area contributed by atoms with Crippen LogP contribution in [-0.2, 0) is 14.3 Å². The first-order chi connectivity index (χ1) is 15.7. The van der Waals surface area contributed by atoms with Crippen LogP contribution in [0, 0.1) is 5.92 Å². The molecule has 0 saturated heterocycles. The van der Waals surface area contributed by atoms with Crippen LogP contribution in [-0.4, -0.2) is 29.1 Å². The molecule has 0 spiro atoms. The maximum atomic E-state index is 12.7. The lowest BCUT2D eigenvalue weighted by molar-refractivity contribution is 0.280. The molecule has 0 aromatic heterocycles. The van der Waals surface area contributed by atoms with Gasteiger partial charge in [0.05, 0.1) is 10.6 Å². The largest absolute Gasteiger partial charge is 0.407 e. The Kier molecular flexibility index (Phi) is 8.32. The van der Waals surface area contributed by atoms with Crippen LogP contribution in [0.4, 0.5) is 0 Å². The van der Waals surface area contributed by atoms with Gasteiger partial charge in [-0.2, -0.15) is 0 Å². The van der Waals surface area contributed by atoms with Gasteiger partial charge in [-0.25, -0.2) is 8.42 Å². The van der Waals surface area contributed by atoms with Crippen molar-refractivity contribution in [3.63, 3.8) is 0 Å². The van der Waals surface area contributed by atoms with Gasteiger partial charge in [0, 0.05) is 6.61 Å². The van der Waals surface area contributed by atoms with E-state index in [-0.39, 0.29) is 16.7 Å². The van der Waals surface area contributed by atoms with E-state index < -0.39 is 18.2 Å². The molecule has 0 fully saturated rings. The summed E-state index contributed by atoms with van der Waals surface area (Å²) in [5.41, 5.74) is 0. The summed E-state index contributed by atoms with van der Waals surface area (Å²) in [6.45, 7) is 9.45. The molecule has 0 aliphatic rings. The lowest BCUT2D eigenvalue weighted by atomic mass is 10.1. The highest BCUT2D eigenvalue weighted by atomic mass is 32.2. The highest BCUT2D eigenvalue weighted by Gasteiger charge is 2.49. The molecule has 0 N–H and O–H groups in total. The summed E-state index contributed by atoms with van der Waals surface area (Å²) in [5, 5.41) is 2.48. The van der Waals surface area contributed by atoms with Crippen molar-refractivity contribution in [3.05, 3.63) is 91.0 Å². The van der Waals surface area contributed by atoms with Crippen LogP contribution in [0.15, 0.2) is 95.9 Å². The fourth-order valence-electron chi connectivity index (χ4n) is 4.60. The standard InChI is InChI=1S/C28H36O3SSi/c1-24(23-32(29,30)25-16-8-5-9-17-25)15-14-22-31-33(28(2,3)4,26-18-10-6-11-19-26)27-20-12-7-13-21-27/h5-13,16-21,24H,14-15,22-23H2,1-4H3/t24-/m1/s1. The predicted octanol–water partition coefficient (Wildman–Crippen LogP) is 5.45. The van der Waals surface area contributed by atoms with Crippen LogP contribution in [0.1, 0.15) is 40.5 Å². The van der Waals surface area contributed by atoms with Gasteiger partial charge in [0.25, 0.3) is 8.32 Å². The van der Waals surface area contributed by atoms with Crippen molar-refractivity contribution in [3.8, 4) is 0 Å². The number of rotatable bonds is 10. The van der Waals surface area contributed by atoms with Crippen molar-refractivity contribution in [1.29, 1.82) is 0 Å². The van der Waals surface area contributed by atoms with Gasteiger partial charge in [-0.15, -0.1) is 0 Å². The molecule has 176 valence electrons. The minimum atomic E-state index is -3.27. The SMILES string of the molecule is C[C@H](CCCO[Si](c1ccccc1)(c1ccccc1)C(C)(C)C)CS(=O)(=O)c1ccccc1. The molecule has 0 heterocycles. The maximum absolute atomic E-state index is 12.7. The molecule has 0 bridgehead atoms. The Morgan fingerprint density at radius 2 is 1.24 bits per heavy atom. The van der Waals surface area contributed by atoms with E-state index in [1.807, 2.05) is 25.1 Å². The highest BCUT2D eigenvalue weighted by Crippen LogP contribution is 2.36. The van der Waals surface area contributed by atoms with Crippen LogP contribution in [0.2, 0.25) is 5.04 Å². The van der Waals surface area contributed by atoms with Crippen LogP contribution < -0.4 is 10.4 Å². The van der Waals surface area contributed by atoms with Crippen molar-refractivity contribution in [2.45, 2.75) is 50.5 Å². The van der Waals surface area contributed by atoms with E-state index in [0.29, 0.717) is 11.5 Å². The van der Waals surface area contributed by atoms with Gasteiger partial charge in [0.15, 0.2) is 9.84 Å². The molecule has 0 aliphatic carbocycles. The summed E-state index contributed by atoms with van der Waals surface area (Å²) in [7, 11) is -5.81. The third kappa shape index (κ3) is 6.02. The van der Waals surface area contributed by atoms with Gasteiger partial charge >= 0.3 is 0 Å². The molecule has 3 aromatic rings. The molecule has 0 unspecified atom stereocenters. The normalized spacial score (nSPS) is 13.6. The molecule has 5 heteroatoms. The van der Waals surface area contributed by atoms with Gasteiger partial charge in [-0.3, -0.25) is 0 Å². The van der Waals surface area contributed by atoms with Crippen molar-refractivity contribution >= 4 is 28.5 Å². The average molecular weight is 481 g/mol. The first kappa shape index (κ1) is 25.4. The lowest BCUT2D eigenvalue weighted by Gasteiger charge is -2.43. The quantitative estimate of drug-likeness (QED) is 0.286. The molecule has 0 radical (unpaired) electrons. The second kappa shape index (κ2) is 10.8. The zero-order valence-electron chi connectivity index (χ0n) is 20.2. The summed E-state index contributed by atoms with van der Waals surface area (Å²) >= 11 is 0. The van der Waals surface area contributed by atoms with Gasteiger partial charge in [-0.1, -0.05) is 107 Å². The monoisotopic (exact) mass is 480 g/mol. The van der Waals surface area contributed by atoms with Gasteiger partial charge < -0.3 is 4.43 Å². The minimum absolute atomic E-state index is 0.0576. The molecule has 3 aromatic carbocycles. The molecule has 3 rings (SSSR count). The smallest absolute Gasteiger partial charge is 0.261 e. The molecule has 0 aliphatic heterocycles. The lowest BCUT2D eigenvalue weighted by Crippen LogP contribution is -2.66. The number of benzene rings is 3. The first-order valence-corrected chi connectivity index (χ1v) is 15.3. The summed E-state index contributed by atoms with van der Waals surface area (Å²) < 4.78 is 32.3. The summed E-state index contributed by atoms with van der Waals surface area (Å²) in [5.74, 6) is 0.230. The van der Waals surface area contributed by atoms with Crippen molar-refractivity contribution in [2.24, 2.45) is 5.92 Å². The van der Waals surface area contributed by atoms with E-state index in [1.54, 1.807) is 24.3 Å². The Bertz CT molecular complexity index is 1050. The van der Waals surface area contributed by atoms with Crippen LogP contribution in [0.3, 0.4) is 0 Å². The minimum Gasteiger partial charge on any atom is -0.407 e. The molecule has 1 atom stereocenters. The molecular weight excluding hydrogens is 444 g/mol. The summed E-state index contributed by atoms with van der Waals surface area (Å²) in [4.78, 5) is 0.403. The average Bonchev–Trinajstić information content (AvgIpc) is 2.80. The van der Waals surface area contributed by atoms with E-state index in [0.717, 1.165) is 12.8 Å². The van der Waals surface area contributed by atoms with Crippen LogP contribution >= 0.6 is 0 Å². The van der Waals surface area contributed by atoms with E-state index in [4.69, 9.17) is 4.43 Å². The molecule has 0 amide bonds. The van der Waals surface area contributed by atoms with Gasteiger partial charge in [0.1, 0.15) is 0 Å². The molecule has 33 heavy (non-hydrogen) atoms. The third-order valence-corrected chi connectivity index (χ3v) is 13.2.